The molecule has 2 aromatic carbocycles. The third kappa shape index (κ3) is 4.04. The molecule has 0 amide bonds. The largest absolute Gasteiger partial charge is 0.487 e. The van der Waals surface area contributed by atoms with Crippen LogP contribution in [-0.2, 0) is 11.3 Å². The molecule has 3 rings (SSSR count). The van der Waals surface area contributed by atoms with Gasteiger partial charge < -0.3 is 9.47 Å². The van der Waals surface area contributed by atoms with Crippen LogP contribution < -0.4 is 4.74 Å². The predicted octanol–water partition coefficient (Wildman–Crippen LogP) is 4.42. The van der Waals surface area contributed by atoms with Crippen LogP contribution in [0.1, 0.15) is 21.5 Å². The molecule has 0 radical (unpaired) electrons. The molecule has 1 heterocycles. The molecule has 4 nitrogen and oxygen atoms in total. The monoisotopic (exact) mass is 333 g/mol. The maximum absolute atomic E-state index is 12.1. The fourth-order valence-electron chi connectivity index (χ4n) is 2.54. The van der Waals surface area contributed by atoms with Crippen LogP contribution in [0.5, 0.6) is 5.75 Å². The van der Waals surface area contributed by atoms with Gasteiger partial charge in [0.1, 0.15) is 12.4 Å². The summed E-state index contributed by atoms with van der Waals surface area (Å²) in [4.78, 5) is 16.1. The molecule has 0 aliphatic rings. The van der Waals surface area contributed by atoms with Crippen molar-refractivity contribution in [2.75, 3.05) is 7.11 Å². The molecule has 0 bridgehead atoms. The van der Waals surface area contributed by atoms with Crippen LogP contribution in [0.2, 0.25) is 0 Å². The van der Waals surface area contributed by atoms with Crippen molar-refractivity contribution in [3.05, 3.63) is 83.7 Å². The lowest BCUT2D eigenvalue weighted by Crippen LogP contribution is -2.05. The minimum absolute atomic E-state index is 0.352. The van der Waals surface area contributed by atoms with Crippen LogP contribution in [-0.4, -0.2) is 18.1 Å². The van der Waals surface area contributed by atoms with E-state index in [-0.39, 0.29) is 5.97 Å². The molecule has 0 unspecified atom stereocenters. The second kappa shape index (κ2) is 7.62. The lowest BCUT2D eigenvalue weighted by molar-refractivity contribution is 0.0601. The Bertz CT molecular complexity index is 858. The van der Waals surface area contributed by atoms with Gasteiger partial charge in [0.15, 0.2) is 0 Å². The summed E-state index contributed by atoms with van der Waals surface area (Å²) in [6.07, 6.45) is 3.37. The molecule has 0 aliphatic heterocycles. The third-order valence-electron chi connectivity index (χ3n) is 3.89. The van der Waals surface area contributed by atoms with E-state index in [2.05, 4.69) is 4.98 Å². The number of hydrogen-bond acceptors (Lipinski definition) is 4. The van der Waals surface area contributed by atoms with Crippen molar-refractivity contribution in [2.24, 2.45) is 0 Å². The van der Waals surface area contributed by atoms with Crippen molar-refractivity contribution in [1.29, 1.82) is 0 Å². The molecule has 0 N–H and O–H groups in total. The molecular formula is C21H19NO3. The van der Waals surface area contributed by atoms with Crippen molar-refractivity contribution >= 4 is 5.97 Å². The molecule has 0 saturated heterocycles. The number of esters is 1. The summed E-state index contributed by atoms with van der Waals surface area (Å²) in [5.41, 5.74) is 4.47. The highest BCUT2D eigenvalue weighted by Gasteiger charge is 2.14. The fourth-order valence-corrected chi connectivity index (χ4v) is 2.54. The highest BCUT2D eigenvalue weighted by atomic mass is 16.5. The van der Waals surface area contributed by atoms with Crippen molar-refractivity contribution < 1.29 is 14.3 Å². The average molecular weight is 333 g/mol. The number of hydrogen-bond donors (Lipinski definition) is 0. The van der Waals surface area contributed by atoms with E-state index >= 15 is 0 Å². The number of nitrogens with zero attached hydrogens (tertiary/aromatic N) is 1. The van der Waals surface area contributed by atoms with Gasteiger partial charge in [-0.1, -0.05) is 35.9 Å². The summed E-state index contributed by atoms with van der Waals surface area (Å²) in [6.45, 7) is 2.43. The molecule has 25 heavy (non-hydrogen) atoms. The van der Waals surface area contributed by atoms with Gasteiger partial charge >= 0.3 is 5.97 Å². The standard InChI is InChI=1S/C21H19NO3/c1-15-5-8-17(9-6-15)20-12-16(7-10-19(20)21(23)24-2)14-25-18-4-3-11-22-13-18/h3-13H,14H2,1-2H3. The summed E-state index contributed by atoms with van der Waals surface area (Å²) in [7, 11) is 1.39. The number of methoxy groups -OCH3 is 1. The van der Waals surface area contributed by atoms with Crippen LogP contribution in [0.25, 0.3) is 11.1 Å². The van der Waals surface area contributed by atoms with Gasteiger partial charge in [0.05, 0.1) is 18.9 Å². The number of aryl methyl sites for hydroxylation is 1. The maximum atomic E-state index is 12.1. The Morgan fingerprint density at radius 1 is 1.08 bits per heavy atom. The molecule has 126 valence electrons. The first-order valence-corrected chi connectivity index (χ1v) is 7.98. The Morgan fingerprint density at radius 2 is 1.88 bits per heavy atom. The Hall–Kier alpha value is -3.14. The third-order valence-corrected chi connectivity index (χ3v) is 3.89. The molecular weight excluding hydrogens is 314 g/mol. The lowest BCUT2D eigenvalue weighted by atomic mass is 9.96. The van der Waals surface area contributed by atoms with Crippen molar-refractivity contribution in [3.8, 4) is 16.9 Å². The molecule has 0 spiro atoms. The van der Waals surface area contributed by atoms with Crippen LogP contribution >= 0.6 is 0 Å². The Morgan fingerprint density at radius 3 is 2.56 bits per heavy atom. The van der Waals surface area contributed by atoms with Crippen molar-refractivity contribution in [2.45, 2.75) is 13.5 Å². The number of pyridine rings is 1. The maximum Gasteiger partial charge on any atom is 0.338 e. The Labute approximate surface area is 147 Å². The van der Waals surface area contributed by atoms with E-state index in [1.165, 1.54) is 12.7 Å². The summed E-state index contributed by atoms with van der Waals surface area (Å²) < 4.78 is 10.7. The molecule has 3 aromatic rings. The number of carbonyl (C=O) groups is 1. The number of benzene rings is 2. The van der Waals surface area contributed by atoms with E-state index in [4.69, 9.17) is 9.47 Å². The van der Waals surface area contributed by atoms with Crippen LogP contribution in [0.3, 0.4) is 0 Å². The van der Waals surface area contributed by atoms with Crippen LogP contribution in [0.15, 0.2) is 67.0 Å². The van der Waals surface area contributed by atoms with Gasteiger partial charge in [0, 0.05) is 6.20 Å². The Balaban J connectivity index is 1.92. The normalized spacial score (nSPS) is 10.3. The molecule has 0 saturated carbocycles. The fraction of sp³-hybridized carbons (Fsp3) is 0.143. The van der Waals surface area contributed by atoms with E-state index < -0.39 is 0 Å². The van der Waals surface area contributed by atoms with Crippen molar-refractivity contribution in [3.63, 3.8) is 0 Å². The Kier molecular flexibility index (Phi) is 5.09. The van der Waals surface area contributed by atoms with E-state index in [9.17, 15) is 4.79 Å². The van der Waals surface area contributed by atoms with E-state index in [0.29, 0.717) is 17.9 Å². The van der Waals surface area contributed by atoms with E-state index in [1.807, 2.05) is 55.5 Å². The first-order chi connectivity index (χ1) is 12.2. The zero-order chi connectivity index (χ0) is 17.6. The number of ether oxygens (including phenoxy) is 2. The van der Waals surface area contributed by atoms with Crippen molar-refractivity contribution in [1.82, 2.24) is 4.98 Å². The number of aromatic nitrogens is 1. The zero-order valence-electron chi connectivity index (χ0n) is 14.2. The second-order valence-corrected chi connectivity index (χ2v) is 5.71. The number of carbonyl (C=O) groups excluding carboxylic acids is 1. The van der Waals surface area contributed by atoms with Gasteiger partial charge in [0.2, 0.25) is 0 Å². The van der Waals surface area contributed by atoms with Gasteiger partial charge in [-0.3, -0.25) is 4.98 Å². The summed E-state index contributed by atoms with van der Waals surface area (Å²) in [6, 6.07) is 17.4. The second-order valence-electron chi connectivity index (χ2n) is 5.71. The van der Waals surface area contributed by atoms with Crippen LogP contribution in [0, 0.1) is 6.92 Å². The predicted molar refractivity (Wildman–Crippen MR) is 96.5 cm³/mol. The summed E-state index contributed by atoms with van der Waals surface area (Å²) >= 11 is 0. The SMILES string of the molecule is COC(=O)c1ccc(COc2cccnc2)cc1-c1ccc(C)cc1. The zero-order valence-corrected chi connectivity index (χ0v) is 14.2. The van der Waals surface area contributed by atoms with Gasteiger partial charge in [-0.2, -0.15) is 0 Å². The van der Waals surface area contributed by atoms with Gasteiger partial charge in [-0.15, -0.1) is 0 Å². The lowest BCUT2D eigenvalue weighted by Gasteiger charge is -2.12. The number of rotatable bonds is 5. The molecule has 0 fully saturated rings. The van der Waals surface area contributed by atoms with Gasteiger partial charge in [-0.05, 0) is 47.9 Å². The van der Waals surface area contributed by atoms with E-state index in [0.717, 1.165) is 16.7 Å². The molecule has 0 aliphatic carbocycles. The highest BCUT2D eigenvalue weighted by Crippen LogP contribution is 2.27. The minimum atomic E-state index is -0.352. The summed E-state index contributed by atoms with van der Waals surface area (Å²) in [5.74, 6) is 0.353. The smallest absolute Gasteiger partial charge is 0.338 e. The first-order valence-electron chi connectivity index (χ1n) is 7.98. The highest BCUT2D eigenvalue weighted by molar-refractivity contribution is 5.97. The van der Waals surface area contributed by atoms with Gasteiger partial charge in [0.25, 0.3) is 0 Å². The van der Waals surface area contributed by atoms with E-state index in [1.54, 1.807) is 18.5 Å². The minimum Gasteiger partial charge on any atom is -0.487 e. The first kappa shape index (κ1) is 16.7. The average Bonchev–Trinajstić information content (AvgIpc) is 2.67. The van der Waals surface area contributed by atoms with Gasteiger partial charge in [-0.25, -0.2) is 4.79 Å². The molecule has 4 heteroatoms. The molecule has 1 aromatic heterocycles. The van der Waals surface area contributed by atoms with Crippen LogP contribution in [0.4, 0.5) is 0 Å². The molecule has 0 atom stereocenters. The quantitative estimate of drug-likeness (QED) is 0.648. The topological polar surface area (TPSA) is 48.4 Å². The summed E-state index contributed by atoms with van der Waals surface area (Å²) in [5, 5.41) is 0.